The van der Waals surface area contributed by atoms with Gasteiger partial charge >= 0.3 is 6.03 Å². The lowest BCUT2D eigenvalue weighted by Gasteiger charge is -2.27. The van der Waals surface area contributed by atoms with E-state index in [2.05, 4.69) is 5.32 Å². The molecule has 6 nitrogen and oxygen atoms in total. The number of aliphatic hydroxyl groups is 1. The predicted molar refractivity (Wildman–Crippen MR) is 73.7 cm³/mol. The first kappa shape index (κ1) is 14.3. The average molecular weight is 277 g/mol. The van der Waals surface area contributed by atoms with Gasteiger partial charge in [-0.3, -0.25) is 4.79 Å². The maximum Gasteiger partial charge on any atom is 0.313 e. The van der Waals surface area contributed by atoms with Gasteiger partial charge in [0.05, 0.1) is 6.61 Å². The number of nitrogens with one attached hydrogen (secondary N) is 1. The number of carbonyl (C=O) groups excluding carboxylic acids is 2. The Balaban J connectivity index is 2.21. The summed E-state index contributed by atoms with van der Waals surface area (Å²) >= 11 is 0. The molecule has 1 fully saturated rings. The second kappa shape index (κ2) is 6.38. The van der Waals surface area contributed by atoms with Gasteiger partial charge in [0.2, 0.25) is 5.91 Å². The minimum absolute atomic E-state index is 0.0969. The summed E-state index contributed by atoms with van der Waals surface area (Å²) < 4.78 is 0. The van der Waals surface area contributed by atoms with Crippen molar-refractivity contribution in [2.45, 2.75) is 24.9 Å². The third kappa shape index (κ3) is 3.48. The van der Waals surface area contributed by atoms with Gasteiger partial charge in [-0.25, -0.2) is 4.79 Å². The molecule has 1 aliphatic carbocycles. The van der Waals surface area contributed by atoms with Gasteiger partial charge in [0.25, 0.3) is 0 Å². The molecular formula is C14H19N3O3. The summed E-state index contributed by atoms with van der Waals surface area (Å²) in [5.74, 6) is -0.230. The lowest BCUT2D eigenvalue weighted by atomic mass is 10.1. The largest absolute Gasteiger partial charge is 0.395 e. The molecule has 1 aromatic rings. The van der Waals surface area contributed by atoms with E-state index in [0.717, 1.165) is 12.8 Å². The number of benzene rings is 1. The van der Waals surface area contributed by atoms with Crippen molar-refractivity contribution in [3.8, 4) is 0 Å². The molecule has 1 unspecified atom stereocenters. The molecule has 108 valence electrons. The molecule has 0 radical (unpaired) electrons. The average Bonchev–Trinajstić information content (AvgIpc) is 3.27. The molecule has 2 rings (SSSR count). The Labute approximate surface area is 117 Å². The molecule has 4 N–H and O–H groups in total. The van der Waals surface area contributed by atoms with Crippen molar-refractivity contribution >= 4 is 11.9 Å². The smallest absolute Gasteiger partial charge is 0.313 e. The van der Waals surface area contributed by atoms with Crippen LogP contribution in [0.25, 0.3) is 0 Å². The summed E-state index contributed by atoms with van der Waals surface area (Å²) in [5, 5.41) is 11.6. The fourth-order valence-electron chi connectivity index (χ4n) is 2.21. The van der Waals surface area contributed by atoms with E-state index in [1.807, 2.05) is 6.07 Å². The Hall–Kier alpha value is -2.08. The van der Waals surface area contributed by atoms with Gasteiger partial charge in [-0.05, 0) is 18.4 Å². The van der Waals surface area contributed by atoms with Crippen LogP contribution in [-0.4, -0.2) is 41.1 Å². The number of hydrogen-bond donors (Lipinski definition) is 3. The van der Waals surface area contributed by atoms with E-state index >= 15 is 0 Å². The maximum absolute atomic E-state index is 12.6. The van der Waals surface area contributed by atoms with Gasteiger partial charge in [-0.2, -0.15) is 0 Å². The standard InChI is InChI=1S/C14H19N3O3/c15-14(20)16-12(10-4-2-1-3-5-10)13(19)17(8-9-18)11-6-7-11/h1-5,11-12,18H,6-9H2,(H3,15,16,20). The molecule has 3 amide bonds. The van der Waals surface area contributed by atoms with Crippen LogP contribution in [0.1, 0.15) is 24.4 Å². The number of urea groups is 1. The van der Waals surface area contributed by atoms with Crippen LogP contribution in [0, 0.1) is 0 Å². The zero-order valence-electron chi connectivity index (χ0n) is 11.2. The van der Waals surface area contributed by atoms with E-state index < -0.39 is 12.1 Å². The van der Waals surface area contributed by atoms with E-state index in [-0.39, 0.29) is 25.1 Å². The quantitative estimate of drug-likeness (QED) is 0.701. The number of rotatable bonds is 6. The zero-order valence-corrected chi connectivity index (χ0v) is 11.2. The van der Waals surface area contributed by atoms with Crippen LogP contribution in [0.2, 0.25) is 0 Å². The van der Waals surface area contributed by atoms with E-state index in [9.17, 15) is 9.59 Å². The van der Waals surface area contributed by atoms with Crippen LogP contribution < -0.4 is 11.1 Å². The highest BCUT2D eigenvalue weighted by atomic mass is 16.3. The molecule has 6 heteroatoms. The van der Waals surface area contributed by atoms with Crippen molar-refractivity contribution < 1.29 is 14.7 Å². The molecule has 0 aromatic heterocycles. The van der Waals surface area contributed by atoms with Crippen LogP contribution in [0.5, 0.6) is 0 Å². The van der Waals surface area contributed by atoms with E-state index in [1.54, 1.807) is 29.2 Å². The third-order valence-corrected chi connectivity index (χ3v) is 3.28. The van der Waals surface area contributed by atoms with Gasteiger partial charge in [0.1, 0.15) is 6.04 Å². The molecule has 0 bridgehead atoms. The van der Waals surface area contributed by atoms with Gasteiger partial charge in [-0.1, -0.05) is 30.3 Å². The predicted octanol–water partition coefficient (Wildman–Crippen LogP) is 0.379. The molecule has 1 aliphatic rings. The Morgan fingerprint density at radius 3 is 2.50 bits per heavy atom. The number of carbonyl (C=O) groups is 2. The fourth-order valence-corrected chi connectivity index (χ4v) is 2.21. The van der Waals surface area contributed by atoms with Crippen LogP contribution in [0.3, 0.4) is 0 Å². The number of amides is 3. The van der Waals surface area contributed by atoms with Crippen molar-refractivity contribution in [2.75, 3.05) is 13.2 Å². The molecule has 0 heterocycles. The highest BCUT2D eigenvalue weighted by molar-refractivity contribution is 5.88. The first-order valence-electron chi connectivity index (χ1n) is 6.65. The van der Waals surface area contributed by atoms with Crippen LogP contribution in [-0.2, 0) is 4.79 Å². The second-order valence-electron chi connectivity index (χ2n) is 4.84. The Morgan fingerprint density at radius 1 is 1.35 bits per heavy atom. The SMILES string of the molecule is NC(=O)NC(C(=O)N(CCO)C1CC1)c1ccccc1. The van der Waals surface area contributed by atoms with Crippen LogP contribution in [0.15, 0.2) is 30.3 Å². The van der Waals surface area contributed by atoms with Gasteiger partial charge in [0, 0.05) is 12.6 Å². The summed E-state index contributed by atoms with van der Waals surface area (Å²) in [6.07, 6.45) is 1.87. The van der Waals surface area contributed by atoms with Crippen molar-refractivity contribution in [3.63, 3.8) is 0 Å². The molecule has 1 atom stereocenters. The fraction of sp³-hybridized carbons (Fsp3) is 0.429. The summed E-state index contributed by atoms with van der Waals surface area (Å²) in [7, 11) is 0. The molecule has 0 aliphatic heterocycles. The monoisotopic (exact) mass is 277 g/mol. The van der Waals surface area contributed by atoms with Crippen LogP contribution in [0.4, 0.5) is 4.79 Å². The van der Waals surface area contributed by atoms with E-state index in [1.165, 1.54) is 0 Å². The summed E-state index contributed by atoms with van der Waals surface area (Å²) in [4.78, 5) is 25.4. The summed E-state index contributed by atoms with van der Waals surface area (Å²) in [5.41, 5.74) is 5.84. The van der Waals surface area contributed by atoms with Crippen molar-refractivity contribution in [1.29, 1.82) is 0 Å². The highest BCUT2D eigenvalue weighted by Gasteiger charge is 2.36. The molecule has 20 heavy (non-hydrogen) atoms. The lowest BCUT2D eigenvalue weighted by Crippen LogP contribution is -2.46. The minimum Gasteiger partial charge on any atom is -0.395 e. The number of hydrogen-bond acceptors (Lipinski definition) is 3. The van der Waals surface area contributed by atoms with Crippen molar-refractivity contribution in [3.05, 3.63) is 35.9 Å². The Kier molecular flexibility index (Phi) is 4.57. The van der Waals surface area contributed by atoms with E-state index in [4.69, 9.17) is 10.8 Å². The lowest BCUT2D eigenvalue weighted by molar-refractivity contribution is -0.134. The topological polar surface area (TPSA) is 95.7 Å². The molecule has 0 spiro atoms. The number of aliphatic hydroxyl groups excluding tert-OH is 1. The summed E-state index contributed by atoms with van der Waals surface area (Å²) in [6.45, 7) is 0.174. The number of nitrogens with two attached hydrogens (primary N) is 1. The van der Waals surface area contributed by atoms with Gasteiger partial charge in [-0.15, -0.1) is 0 Å². The van der Waals surface area contributed by atoms with Crippen molar-refractivity contribution in [2.24, 2.45) is 5.73 Å². The zero-order chi connectivity index (χ0) is 14.5. The summed E-state index contributed by atoms with van der Waals surface area (Å²) in [6, 6.07) is 7.58. The van der Waals surface area contributed by atoms with Gasteiger partial charge in [0.15, 0.2) is 0 Å². The second-order valence-corrected chi connectivity index (χ2v) is 4.84. The molecule has 1 saturated carbocycles. The number of nitrogens with zero attached hydrogens (tertiary/aromatic N) is 1. The Morgan fingerprint density at radius 2 is 2.00 bits per heavy atom. The molecular weight excluding hydrogens is 258 g/mol. The third-order valence-electron chi connectivity index (χ3n) is 3.28. The first-order chi connectivity index (χ1) is 9.63. The van der Waals surface area contributed by atoms with Crippen molar-refractivity contribution in [1.82, 2.24) is 10.2 Å². The minimum atomic E-state index is -0.805. The highest BCUT2D eigenvalue weighted by Crippen LogP contribution is 2.29. The number of primary amides is 1. The molecule has 1 aromatic carbocycles. The van der Waals surface area contributed by atoms with E-state index in [0.29, 0.717) is 5.56 Å². The normalized spacial score (nSPS) is 15.4. The Bertz CT molecular complexity index is 474. The molecule has 0 saturated heterocycles. The van der Waals surface area contributed by atoms with Crippen LogP contribution >= 0.6 is 0 Å². The first-order valence-corrected chi connectivity index (χ1v) is 6.65. The van der Waals surface area contributed by atoms with Gasteiger partial charge < -0.3 is 21.1 Å². The maximum atomic E-state index is 12.6.